The first kappa shape index (κ1) is 10.3. The van der Waals surface area contributed by atoms with Crippen LogP contribution in [-0.4, -0.2) is 15.0 Å². The van der Waals surface area contributed by atoms with Crippen molar-refractivity contribution < 1.29 is 4.39 Å². The van der Waals surface area contributed by atoms with E-state index >= 15 is 0 Å². The van der Waals surface area contributed by atoms with Crippen LogP contribution in [-0.2, 0) is 0 Å². The van der Waals surface area contributed by atoms with Gasteiger partial charge in [0.15, 0.2) is 11.0 Å². The molecule has 0 unspecified atom stereocenters. The monoisotopic (exact) mass is 243 g/mol. The molecule has 0 atom stereocenters. The Hall–Kier alpha value is -1.26. The molecule has 2 aromatic heterocycles. The van der Waals surface area contributed by atoms with Crippen LogP contribution in [0.5, 0.6) is 0 Å². The lowest BCUT2D eigenvalue weighted by molar-refractivity contribution is 0.622. The van der Waals surface area contributed by atoms with E-state index in [4.69, 9.17) is 23.2 Å². The van der Waals surface area contributed by atoms with E-state index in [1.807, 2.05) is 0 Å². The van der Waals surface area contributed by atoms with Gasteiger partial charge in [-0.25, -0.2) is 19.3 Å². The summed E-state index contributed by atoms with van der Waals surface area (Å²) >= 11 is 11.1. The summed E-state index contributed by atoms with van der Waals surface area (Å²) in [4.78, 5) is 11.3. The van der Waals surface area contributed by atoms with E-state index in [2.05, 4.69) is 15.0 Å². The predicted molar refractivity (Wildman–Crippen MR) is 55.2 cm³/mol. The maximum atomic E-state index is 13.1. The molecule has 6 heteroatoms. The molecule has 2 aromatic rings. The average molecular weight is 244 g/mol. The summed E-state index contributed by atoms with van der Waals surface area (Å²) in [5, 5.41) is -0.0678. The SMILES string of the molecule is Fc1cc(-c2ccnc(Cl)n2)cnc1Cl. The number of hydrogen-bond acceptors (Lipinski definition) is 3. The first-order valence-corrected chi connectivity index (χ1v) is 4.72. The van der Waals surface area contributed by atoms with Crippen LogP contribution in [0.3, 0.4) is 0 Å². The summed E-state index contributed by atoms with van der Waals surface area (Å²) in [6.07, 6.45) is 2.90. The van der Waals surface area contributed by atoms with E-state index in [-0.39, 0.29) is 10.4 Å². The third-order valence-corrected chi connectivity index (χ3v) is 2.18. The molecule has 0 aliphatic rings. The van der Waals surface area contributed by atoms with Crippen molar-refractivity contribution in [2.75, 3.05) is 0 Å². The number of pyridine rings is 1. The average Bonchev–Trinajstić information content (AvgIpc) is 2.22. The fraction of sp³-hybridized carbons (Fsp3) is 0. The third-order valence-electron chi connectivity index (χ3n) is 1.72. The lowest BCUT2D eigenvalue weighted by Crippen LogP contribution is -1.89. The summed E-state index contributed by atoms with van der Waals surface area (Å²) < 4.78 is 13.1. The third kappa shape index (κ3) is 2.22. The molecule has 0 aliphatic heterocycles. The fourth-order valence-electron chi connectivity index (χ4n) is 1.06. The zero-order valence-corrected chi connectivity index (χ0v) is 8.80. The maximum Gasteiger partial charge on any atom is 0.222 e. The molecule has 0 amide bonds. The molecule has 76 valence electrons. The van der Waals surface area contributed by atoms with E-state index in [1.165, 1.54) is 18.5 Å². The zero-order valence-electron chi connectivity index (χ0n) is 7.28. The van der Waals surface area contributed by atoms with Crippen LogP contribution >= 0.6 is 23.2 Å². The summed E-state index contributed by atoms with van der Waals surface area (Å²) in [6.45, 7) is 0. The predicted octanol–water partition coefficient (Wildman–Crippen LogP) is 2.98. The van der Waals surface area contributed by atoms with Crippen molar-refractivity contribution in [3.05, 3.63) is 40.8 Å². The van der Waals surface area contributed by atoms with Gasteiger partial charge in [-0.1, -0.05) is 11.6 Å². The van der Waals surface area contributed by atoms with Crippen LogP contribution in [0.25, 0.3) is 11.3 Å². The van der Waals surface area contributed by atoms with Gasteiger partial charge in [0.05, 0.1) is 5.69 Å². The first-order valence-electron chi connectivity index (χ1n) is 3.97. The van der Waals surface area contributed by atoms with Crippen molar-refractivity contribution in [3.63, 3.8) is 0 Å². The Kier molecular flexibility index (Phi) is 2.79. The summed E-state index contributed by atoms with van der Waals surface area (Å²) in [5.74, 6) is -0.594. The lowest BCUT2D eigenvalue weighted by atomic mass is 10.2. The normalized spacial score (nSPS) is 10.3. The minimum Gasteiger partial charge on any atom is -0.241 e. The van der Waals surface area contributed by atoms with Gasteiger partial charge in [-0.05, 0) is 23.7 Å². The Labute approximate surface area is 94.9 Å². The van der Waals surface area contributed by atoms with Crippen molar-refractivity contribution in [2.24, 2.45) is 0 Å². The molecule has 0 N–H and O–H groups in total. The summed E-state index contributed by atoms with van der Waals surface area (Å²) in [7, 11) is 0. The second kappa shape index (κ2) is 4.08. The van der Waals surface area contributed by atoms with E-state index in [9.17, 15) is 4.39 Å². The Morgan fingerprint density at radius 3 is 2.67 bits per heavy atom. The summed E-state index contributed by atoms with van der Waals surface area (Å²) in [5.41, 5.74) is 0.999. The molecular weight excluding hydrogens is 240 g/mol. The Balaban J connectivity index is 2.50. The molecule has 0 aliphatic carbocycles. The molecule has 0 fully saturated rings. The van der Waals surface area contributed by atoms with E-state index in [1.54, 1.807) is 6.07 Å². The van der Waals surface area contributed by atoms with Gasteiger partial charge in [0.2, 0.25) is 5.28 Å². The standard InChI is InChI=1S/C9H4Cl2FN3/c10-8-6(12)3-5(4-14-8)7-1-2-13-9(11)15-7/h1-4H. The highest BCUT2D eigenvalue weighted by Crippen LogP contribution is 2.20. The Morgan fingerprint density at radius 2 is 2.00 bits per heavy atom. The lowest BCUT2D eigenvalue weighted by Gasteiger charge is -2.00. The number of halogens is 3. The molecule has 2 heterocycles. The van der Waals surface area contributed by atoms with Crippen molar-refractivity contribution in [3.8, 4) is 11.3 Å². The van der Waals surface area contributed by atoms with Crippen LogP contribution in [0.4, 0.5) is 4.39 Å². The first-order chi connectivity index (χ1) is 7.16. The van der Waals surface area contributed by atoms with E-state index < -0.39 is 5.82 Å². The molecule has 0 aromatic carbocycles. The van der Waals surface area contributed by atoms with Gasteiger partial charge in [0.1, 0.15) is 0 Å². The topological polar surface area (TPSA) is 38.7 Å². The number of nitrogens with zero attached hydrogens (tertiary/aromatic N) is 3. The van der Waals surface area contributed by atoms with Crippen LogP contribution < -0.4 is 0 Å². The van der Waals surface area contributed by atoms with Crippen LogP contribution in [0.1, 0.15) is 0 Å². The highest BCUT2D eigenvalue weighted by molar-refractivity contribution is 6.29. The van der Waals surface area contributed by atoms with Gasteiger partial charge >= 0.3 is 0 Å². The van der Waals surface area contributed by atoms with E-state index in [0.29, 0.717) is 11.3 Å². The van der Waals surface area contributed by atoms with Gasteiger partial charge in [0, 0.05) is 18.0 Å². The molecule has 15 heavy (non-hydrogen) atoms. The second-order valence-electron chi connectivity index (χ2n) is 2.71. The highest BCUT2D eigenvalue weighted by atomic mass is 35.5. The van der Waals surface area contributed by atoms with E-state index in [0.717, 1.165) is 0 Å². The van der Waals surface area contributed by atoms with Crippen LogP contribution in [0.15, 0.2) is 24.5 Å². The minimum absolute atomic E-state index is 0.0999. The molecule has 0 radical (unpaired) electrons. The summed E-state index contributed by atoms with van der Waals surface area (Å²) in [6, 6.07) is 2.85. The smallest absolute Gasteiger partial charge is 0.222 e. The zero-order chi connectivity index (χ0) is 10.8. The second-order valence-corrected chi connectivity index (χ2v) is 3.40. The Bertz CT molecular complexity index is 504. The van der Waals surface area contributed by atoms with Gasteiger partial charge in [0.25, 0.3) is 0 Å². The van der Waals surface area contributed by atoms with Crippen LogP contribution in [0, 0.1) is 5.82 Å². The molecule has 0 saturated heterocycles. The largest absolute Gasteiger partial charge is 0.241 e. The molecule has 0 saturated carbocycles. The van der Waals surface area contributed by atoms with Crippen molar-refractivity contribution >= 4 is 23.2 Å². The minimum atomic E-state index is -0.594. The maximum absolute atomic E-state index is 13.1. The number of rotatable bonds is 1. The molecule has 0 spiro atoms. The quantitative estimate of drug-likeness (QED) is 0.571. The molecule has 3 nitrogen and oxygen atoms in total. The highest BCUT2D eigenvalue weighted by Gasteiger charge is 2.06. The van der Waals surface area contributed by atoms with Crippen LogP contribution in [0.2, 0.25) is 10.4 Å². The van der Waals surface area contributed by atoms with Gasteiger partial charge in [-0.2, -0.15) is 0 Å². The van der Waals surface area contributed by atoms with Gasteiger partial charge in [-0.3, -0.25) is 0 Å². The molecular formula is C9H4Cl2FN3. The van der Waals surface area contributed by atoms with Crippen molar-refractivity contribution in [1.82, 2.24) is 15.0 Å². The van der Waals surface area contributed by atoms with Crippen molar-refractivity contribution in [1.29, 1.82) is 0 Å². The number of aromatic nitrogens is 3. The Morgan fingerprint density at radius 1 is 1.20 bits per heavy atom. The number of hydrogen-bond donors (Lipinski definition) is 0. The van der Waals surface area contributed by atoms with Gasteiger partial charge in [-0.15, -0.1) is 0 Å². The molecule has 2 rings (SSSR count). The fourth-order valence-corrected chi connectivity index (χ4v) is 1.31. The van der Waals surface area contributed by atoms with Crippen molar-refractivity contribution in [2.45, 2.75) is 0 Å². The molecule has 0 bridgehead atoms. The van der Waals surface area contributed by atoms with Gasteiger partial charge < -0.3 is 0 Å².